The molecule has 23 heavy (non-hydrogen) atoms. The Balaban J connectivity index is 2.81. The van der Waals surface area contributed by atoms with Gasteiger partial charge in [0, 0.05) is 33.1 Å². The van der Waals surface area contributed by atoms with Crippen LogP contribution in [0.4, 0.5) is 4.79 Å². The van der Waals surface area contributed by atoms with E-state index in [0.29, 0.717) is 32.6 Å². The van der Waals surface area contributed by atoms with Gasteiger partial charge in [-0.15, -0.1) is 0 Å². The minimum atomic E-state index is -0.825. The van der Waals surface area contributed by atoms with Crippen LogP contribution < -0.4 is 11.2 Å². The molecular formula is C12H21N7O4. The van der Waals surface area contributed by atoms with Crippen LogP contribution >= 0.6 is 0 Å². The Morgan fingerprint density at radius 1 is 1.00 bits per heavy atom. The van der Waals surface area contributed by atoms with E-state index in [2.05, 4.69) is 20.8 Å². The third-order valence-corrected chi connectivity index (χ3v) is 3.26. The molecule has 0 unspecified atom stereocenters. The number of hydrazone groups is 1. The molecule has 0 spiro atoms. The molecule has 0 aromatic rings. The summed E-state index contributed by atoms with van der Waals surface area (Å²) in [6, 6.07) is -0.825. The van der Waals surface area contributed by atoms with Crippen LogP contribution in [0.15, 0.2) is 15.4 Å². The van der Waals surface area contributed by atoms with E-state index in [-0.39, 0.29) is 23.2 Å². The van der Waals surface area contributed by atoms with Crippen molar-refractivity contribution >= 4 is 29.2 Å². The second-order valence-corrected chi connectivity index (χ2v) is 4.90. The maximum Gasteiger partial charge on any atom is 0.332 e. The van der Waals surface area contributed by atoms with Crippen LogP contribution in [0, 0.1) is 0 Å². The van der Waals surface area contributed by atoms with Crippen LogP contribution in [-0.2, 0) is 4.79 Å². The van der Waals surface area contributed by atoms with E-state index in [4.69, 9.17) is 10.9 Å². The number of oxime groups is 2. The van der Waals surface area contributed by atoms with Crippen LogP contribution in [0.5, 0.6) is 0 Å². The maximum absolute atomic E-state index is 11.4. The number of rotatable bonds is 3. The number of hydrogen-bond donors (Lipinski definition) is 4. The number of amides is 2. The van der Waals surface area contributed by atoms with E-state index in [0.717, 1.165) is 0 Å². The summed E-state index contributed by atoms with van der Waals surface area (Å²) < 4.78 is 0. The van der Waals surface area contributed by atoms with Crippen molar-refractivity contribution in [3.63, 3.8) is 0 Å². The number of Topliss-reactive ketones (excluding diaryl/α,β-unsaturated/α-hetero) is 1. The molecule has 5 N–H and O–H groups in total. The zero-order chi connectivity index (χ0) is 17.4. The summed E-state index contributed by atoms with van der Waals surface area (Å²) in [6.07, 6.45) is 0.641. The van der Waals surface area contributed by atoms with Gasteiger partial charge < -0.3 is 25.9 Å². The van der Waals surface area contributed by atoms with Crippen molar-refractivity contribution in [2.24, 2.45) is 21.1 Å². The Labute approximate surface area is 133 Å². The molecule has 1 heterocycles. The van der Waals surface area contributed by atoms with Gasteiger partial charge in [0.2, 0.25) is 5.84 Å². The van der Waals surface area contributed by atoms with Gasteiger partial charge in [0.05, 0.1) is 0 Å². The molecule has 1 aliphatic rings. The second-order valence-electron chi connectivity index (χ2n) is 4.90. The van der Waals surface area contributed by atoms with E-state index in [9.17, 15) is 14.8 Å². The number of carbonyl (C=O) groups excluding carboxylic acids is 2. The quantitative estimate of drug-likeness (QED) is 0.230. The highest BCUT2D eigenvalue weighted by atomic mass is 16.4. The van der Waals surface area contributed by atoms with Crippen molar-refractivity contribution in [2.45, 2.75) is 20.3 Å². The standard InChI is InChI=1S/C12H21N7O4/c1-8(14-15-12(13)21)10(16-22)18-4-3-5-19(7-6-18)11(17-23)9(2)20/h22-23H,3-7H2,1-2H3,(H3,13,15,21). The van der Waals surface area contributed by atoms with Gasteiger partial charge in [-0.25, -0.2) is 10.2 Å². The third-order valence-electron chi connectivity index (χ3n) is 3.26. The first-order valence-corrected chi connectivity index (χ1v) is 6.95. The molecular weight excluding hydrogens is 306 g/mol. The first-order chi connectivity index (χ1) is 10.9. The maximum atomic E-state index is 11.4. The number of hydrogen-bond acceptors (Lipinski definition) is 7. The van der Waals surface area contributed by atoms with Crippen molar-refractivity contribution in [3.05, 3.63) is 0 Å². The first kappa shape index (κ1) is 18.2. The highest BCUT2D eigenvalue weighted by Gasteiger charge is 2.24. The molecule has 0 radical (unpaired) electrons. The number of ketones is 1. The van der Waals surface area contributed by atoms with Gasteiger partial charge >= 0.3 is 6.03 Å². The van der Waals surface area contributed by atoms with E-state index < -0.39 is 6.03 Å². The summed E-state index contributed by atoms with van der Waals surface area (Å²) in [5.41, 5.74) is 7.28. The molecule has 2 amide bonds. The Hall–Kier alpha value is -2.85. The molecule has 1 fully saturated rings. The Morgan fingerprint density at radius 3 is 1.96 bits per heavy atom. The number of nitrogens with zero attached hydrogens (tertiary/aromatic N) is 5. The highest BCUT2D eigenvalue weighted by molar-refractivity contribution is 6.40. The zero-order valence-corrected chi connectivity index (χ0v) is 13.1. The van der Waals surface area contributed by atoms with Crippen LogP contribution in [0.2, 0.25) is 0 Å². The number of carbonyl (C=O) groups is 2. The number of amidine groups is 2. The smallest absolute Gasteiger partial charge is 0.332 e. The topological polar surface area (TPSA) is 156 Å². The summed E-state index contributed by atoms with van der Waals surface area (Å²) in [4.78, 5) is 25.5. The summed E-state index contributed by atoms with van der Waals surface area (Å²) in [7, 11) is 0. The molecule has 128 valence electrons. The third kappa shape index (κ3) is 5.13. The van der Waals surface area contributed by atoms with Crippen molar-refractivity contribution in [3.8, 4) is 0 Å². The van der Waals surface area contributed by atoms with E-state index in [1.165, 1.54) is 6.92 Å². The van der Waals surface area contributed by atoms with Gasteiger partial charge in [-0.05, 0) is 13.3 Å². The van der Waals surface area contributed by atoms with Gasteiger partial charge in [-0.2, -0.15) is 5.10 Å². The molecule has 0 bridgehead atoms. The van der Waals surface area contributed by atoms with Gasteiger partial charge in [0.25, 0.3) is 0 Å². The predicted octanol–water partition coefficient (Wildman–Crippen LogP) is -0.797. The van der Waals surface area contributed by atoms with Crippen molar-refractivity contribution in [1.82, 2.24) is 15.2 Å². The van der Waals surface area contributed by atoms with Crippen LogP contribution in [0.1, 0.15) is 20.3 Å². The number of primary amides is 1. The van der Waals surface area contributed by atoms with Gasteiger partial charge in [-0.3, -0.25) is 4.79 Å². The lowest BCUT2D eigenvalue weighted by Gasteiger charge is -2.24. The molecule has 0 aromatic heterocycles. The monoisotopic (exact) mass is 327 g/mol. The average Bonchev–Trinajstić information content (AvgIpc) is 2.73. The number of nitrogens with two attached hydrogens (primary N) is 1. The minimum absolute atomic E-state index is 0.00452. The minimum Gasteiger partial charge on any atom is -0.409 e. The fourth-order valence-corrected chi connectivity index (χ4v) is 2.25. The molecule has 11 nitrogen and oxygen atoms in total. The molecule has 0 aliphatic carbocycles. The highest BCUT2D eigenvalue weighted by Crippen LogP contribution is 2.07. The Bertz CT molecular complexity index is 544. The molecule has 1 rings (SSSR count). The lowest BCUT2D eigenvalue weighted by atomic mass is 10.3. The molecule has 1 saturated heterocycles. The van der Waals surface area contributed by atoms with Crippen LogP contribution in [0.25, 0.3) is 0 Å². The van der Waals surface area contributed by atoms with Crippen molar-refractivity contribution in [1.29, 1.82) is 0 Å². The SMILES string of the molecule is CC(=O)C(=NO)N1CCCN(C(=NO)C(C)=NNC(N)=O)CC1. The van der Waals surface area contributed by atoms with Gasteiger partial charge in [0.1, 0.15) is 5.71 Å². The number of nitrogens with one attached hydrogen (secondary N) is 1. The normalized spacial score (nSPS) is 17.7. The molecule has 0 aromatic carbocycles. The summed E-state index contributed by atoms with van der Waals surface area (Å²) in [6.45, 7) is 4.75. The van der Waals surface area contributed by atoms with Gasteiger partial charge in [0.15, 0.2) is 11.6 Å². The largest absolute Gasteiger partial charge is 0.409 e. The summed E-state index contributed by atoms with van der Waals surface area (Å²) >= 11 is 0. The molecule has 0 atom stereocenters. The zero-order valence-electron chi connectivity index (χ0n) is 13.1. The number of urea groups is 1. The van der Waals surface area contributed by atoms with E-state index in [1.54, 1.807) is 16.7 Å². The first-order valence-electron chi connectivity index (χ1n) is 6.95. The predicted molar refractivity (Wildman–Crippen MR) is 82.7 cm³/mol. The summed E-state index contributed by atoms with van der Waals surface area (Å²) in [5, 5.41) is 28.1. The van der Waals surface area contributed by atoms with E-state index >= 15 is 0 Å². The molecule has 11 heteroatoms. The fraction of sp³-hybridized carbons (Fsp3) is 0.583. The van der Waals surface area contributed by atoms with E-state index in [1.807, 2.05) is 0 Å². The Morgan fingerprint density at radius 2 is 1.52 bits per heavy atom. The van der Waals surface area contributed by atoms with Gasteiger partial charge in [-0.1, -0.05) is 10.3 Å². The second kappa shape index (κ2) is 8.56. The van der Waals surface area contributed by atoms with Crippen LogP contribution in [-0.4, -0.2) is 75.6 Å². The van der Waals surface area contributed by atoms with Crippen molar-refractivity contribution < 1.29 is 20.0 Å². The molecule has 1 aliphatic heterocycles. The average molecular weight is 327 g/mol. The fourth-order valence-electron chi connectivity index (χ4n) is 2.25. The van der Waals surface area contributed by atoms with Crippen LogP contribution in [0.3, 0.4) is 0 Å². The Kier molecular flexibility index (Phi) is 6.77. The lowest BCUT2D eigenvalue weighted by Crippen LogP contribution is -2.41. The van der Waals surface area contributed by atoms with Crippen molar-refractivity contribution in [2.75, 3.05) is 26.2 Å². The molecule has 0 saturated carbocycles. The summed E-state index contributed by atoms with van der Waals surface area (Å²) in [5.74, 6) is -0.151. The lowest BCUT2D eigenvalue weighted by molar-refractivity contribution is -0.111.